The highest BCUT2D eigenvalue weighted by Crippen LogP contribution is 2.10. The van der Waals surface area contributed by atoms with Crippen LogP contribution in [0.15, 0.2) is 36.7 Å². The first-order valence-electron chi connectivity index (χ1n) is 7.55. The van der Waals surface area contributed by atoms with Gasteiger partial charge in [-0.25, -0.2) is 19.6 Å². The maximum Gasteiger partial charge on any atom is 0.339 e. The number of rotatable bonds is 2. The second kappa shape index (κ2) is 9.54. The van der Waals surface area contributed by atoms with Crippen molar-refractivity contribution in [1.29, 1.82) is 0 Å². The lowest BCUT2D eigenvalue weighted by Crippen LogP contribution is -2.00. The number of pyridine rings is 2. The van der Waals surface area contributed by atoms with Crippen LogP contribution in [-0.2, 0) is 4.74 Å². The van der Waals surface area contributed by atoms with Gasteiger partial charge >= 0.3 is 11.9 Å². The van der Waals surface area contributed by atoms with Crippen molar-refractivity contribution in [3.8, 4) is 11.8 Å². The van der Waals surface area contributed by atoms with Gasteiger partial charge in [0.2, 0.25) is 0 Å². The van der Waals surface area contributed by atoms with Crippen LogP contribution in [0, 0.1) is 17.3 Å². The van der Waals surface area contributed by atoms with Gasteiger partial charge in [0.15, 0.2) is 0 Å². The molecule has 0 fully saturated rings. The lowest BCUT2D eigenvalue weighted by molar-refractivity contribution is 0.0599. The molecule has 26 heavy (non-hydrogen) atoms. The normalized spacial score (nSPS) is 9.88. The summed E-state index contributed by atoms with van der Waals surface area (Å²) in [6.07, 6.45) is 2.68. The van der Waals surface area contributed by atoms with Crippen molar-refractivity contribution in [3.05, 3.63) is 58.6 Å². The highest BCUT2D eigenvalue weighted by Gasteiger charge is 2.05. The number of nitrogens with zero attached hydrogens (tertiary/aromatic N) is 2. The Morgan fingerprint density at radius 1 is 1.08 bits per heavy atom. The van der Waals surface area contributed by atoms with Gasteiger partial charge in [0.25, 0.3) is 0 Å². The second-order valence-electron chi connectivity index (χ2n) is 6.10. The molecule has 0 aliphatic heterocycles. The smallest absolute Gasteiger partial charge is 0.339 e. The Balaban J connectivity index is 0.000000273. The van der Waals surface area contributed by atoms with Crippen LogP contribution in [0.4, 0.5) is 0 Å². The molecule has 2 rings (SSSR count). The first-order chi connectivity index (χ1) is 12.1. The number of aromatic nitrogens is 2. The van der Waals surface area contributed by atoms with Gasteiger partial charge in [-0.05, 0) is 51.0 Å². The van der Waals surface area contributed by atoms with E-state index in [9.17, 15) is 9.59 Å². The number of carboxylic acid groups (broad SMARTS) is 1. The Morgan fingerprint density at radius 2 is 1.69 bits per heavy atom. The zero-order valence-corrected chi connectivity index (χ0v) is 15.7. The molecule has 7 heteroatoms. The highest BCUT2D eigenvalue weighted by atomic mass is 35.5. The molecule has 2 aromatic heterocycles. The van der Waals surface area contributed by atoms with Crippen LogP contribution in [0.3, 0.4) is 0 Å². The van der Waals surface area contributed by atoms with E-state index in [2.05, 4.69) is 26.5 Å². The van der Waals surface area contributed by atoms with Crippen molar-refractivity contribution >= 4 is 23.5 Å². The van der Waals surface area contributed by atoms with Gasteiger partial charge in [0, 0.05) is 17.8 Å². The molecule has 0 atom stereocenters. The van der Waals surface area contributed by atoms with E-state index < -0.39 is 11.9 Å². The number of ether oxygens (including phenoxy) is 1. The van der Waals surface area contributed by atoms with Crippen molar-refractivity contribution in [2.45, 2.75) is 20.8 Å². The van der Waals surface area contributed by atoms with Crippen molar-refractivity contribution in [1.82, 2.24) is 9.97 Å². The van der Waals surface area contributed by atoms with Crippen molar-refractivity contribution in [3.63, 3.8) is 0 Å². The van der Waals surface area contributed by atoms with E-state index >= 15 is 0 Å². The van der Waals surface area contributed by atoms with Crippen molar-refractivity contribution in [2.24, 2.45) is 5.41 Å². The van der Waals surface area contributed by atoms with Gasteiger partial charge < -0.3 is 9.84 Å². The predicted octanol–water partition coefficient (Wildman–Crippen LogP) is 3.70. The minimum absolute atomic E-state index is 0.0762. The third kappa shape index (κ3) is 7.77. The van der Waals surface area contributed by atoms with Crippen LogP contribution >= 0.6 is 11.6 Å². The SMILES string of the molecule is CC(C)(C)C#Cc1ccc(C(=O)O)cn1.COC(=O)c1ccc(Cl)nc1. The zero-order chi connectivity index (χ0) is 19.7. The van der Waals surface area contributed by atoms with Crippen LogP contribution in [0.25, 0.3) is 0 Å². The van der Waals surface area contributed by atoms with E-state index in [1.807, 2.05) is 20.8 Å². The summed E-state index contributed by atoms with van der Waals surface area (Å²) in [5.74, 6) is 4.54. The maximum atomic E-state index is 10.8. The van der Waals surface area contributed by atoms with Crippen LogP contribution in [-0.4, -0.2) is 34.1 Å². The fourth-order valence-corrected chi connectivity index (χ4v) is 1.57. The number of hydrogen-bond acceptors (Lipinski definition) is 5. The summed E-state index contributed by atoms with van der Waals surface area (Å²) in [4.78, 5) is 29.0. The third-order valence-corrected chi connectivity index (χ3v) is 2.95. The molecule has 0 aromatic carbocycles. The molecule has 0 unspecified atom stereocenters. The molecule has 0 saturated heterocycles. The minimum Gasteiger partial charge on any atom is -0.478 e. The maximum absolute atomic E-state index is 10.8. The number of carbonyl (C=O) groups is 2. The van der Waals surface area contributed by atoms with E-state index in [1.54, 1.807) is 12.1 Å². The van der Waals surface area contributed by atoms with Gasteiger partial charge in [0.05, 0.1) is 18.2 Å². The first kappa shape index (κ1) is 21.1. The van der Waals surface area contributed by atoms with Crippen LogP contribution in [0.5, 0.6) is 0 Å². The summed E-state index contributed by atoms with van der Waals surface area (Å²) in [6.45, 7) is 6.02. The van der Waals surface area contributed by atoms with Gasteiger partial charge in [-0.1, -0.05) is 17.5 Å². The fraction of sp³-hybridized carbons (Fsp3) is 0.263. The average molecular weight is 375 g/mol. The molecule has 136 valence electrons. The monoisotopic (exact) mass is 374 g/mol. The van der Waals surface area contributed by atoms with Crippen molar-refractivity contribution < 1.29 is 19.4 Å². The number of carbonyl (C=O) groups excluding carboxylic acids is 1. The average Bonchev–Trinajstić information content (AvgIpc) is 2.60. The summed E-state index contributed by atoms with van der Waals surface area (Å²) in [7, 11) is 1.32. The molecule has 0 bridgehead atoms. The summed E-state index contributed by atoms with van der Waals surface area (Å²) in [5.41, 5.74) is 1.09. The van der Waals surface area contributed by atoms with Gasteiger partial charge in [-0.2, -0.15) is 0 Å². The molecule has 0 radical (unpaired) electrons. The molecule has 0 aliphatic carbocycles. The molecule has 1 N–H and O–H groups in total. The Morgan fingerprint density at radius 3 is 2.12 bits per heavy atom. The zero-order valence-electron chi connectivity index (χ0n) is 14.9. The predicted molar refractivity (Wildman–Crippen MR) is 98.1 cm³/mol. The second-order valence-corrected chi connectivity index (χ2v) is 6.49. The Bertz CT molecular complexity index is 814. The van der Waals surface area contributed by atoms with E-state index in [-0.39, 0.29) is 11.0 Å². The summed E-state index contributed by atoms with van der Waals surface area (Å²) >= 11 is 5.50. The summed E-state index contributed by atoms with van der Waals surface area (Å²) in [5, 5.41) is 9.02. The number of aromatic carboxylic acids is 1. The van der Waals surface area contributed by atoms with Gasteiger partial charge in [-0.3, -0.25) is 0 Å². The Labute approximate surface area is 157 Å². The quantitative estimate of drug-likeness (QED) is 0.489. The molecule has 0 amide bonds. The number of halogens is 1. The van der Waals surface area contributed by atoms with Crippen LogP contribution in [0.2, 0.25) is 5.15 Å². The van der Waals surface area contributed by atoms with E-state index in [1.165, 1.54) is 31.6 Å². The van der Waals surface area contributed by atoms with E-state index in [0.29, 0.717) is 16.4 Å². The van der Waals surface area contributed by atoms with Gasteiger partial charge in [0.1, 0.15) is 10.8 Å². The third-order valence-electron chi connectivity index (χ3n) is 2.72. The number of esters is 1. The molecule has 6 nitrogen and oxygen atoms in total. The molecular formula is C19H19ClN2O4. The first-order valence-corrected chi connectivity index (χ1v) is 7.92. The summed E-state index contributed by atoms with van der Waals surface area (Å²) < 4.78 is 4.45. The molecule has 2 heterocycles. The molecule has 2 aromatic rings. The summed E-state index contributed by atoms with van der Waals surface area (Å²) in [6, 6.07) is 6.21. The highest BCUT2D eigenvalue weighted by molar-refractivity contribution is 6.29. The minimum atomic E-state index is -0.974. The number of carboxylic acids is 1. The van der Waals surface area contributed by atoms with Gasteiger partial charge in [-0.15, -0.1) is 0 Å². The van der Waals surface area contributed by atoms with Crippen LogP contribution in [0.1, 0.15) is 47.2 Å². The molecule has 0 saturated carbocycles. The largest absolute Gasteiger partial charge is 0.478 e. The molecule has 0 spiro atoms. The molecular weight excluding hydrogens is 356 g/mol. The Hall–Kier alpha value is -2.91. The lowest BCUT2D eigenvalue weighted by Gasteiger charge is -2.06. The van der Waals surface area contributed by atoms with E-state index in [4.69, 9.17) is 16.7 Å². The topological polar surface area (TPSA) is 89.4 Å². The van der Waals surface area contributed by atoms with Crippen LogP contribution < -0.4 is 0 Å². The fourth-order valence-electron chi connectivity index (χ4n) is 1.46. The van der Waals surface area contributed by atoms with E-state index in [0.717, 1.165) is 0 Å². The lowest BCUT2D eigenvalue weighted by atomic mass is 9.98. The Kier molecular flexibility index (Phi) is 7.76. The number of methoxy groups -OCH3 is 1. The number of hydrogen-bond donors (Lipinski definition) is 1. The molecule has 0 aliphatic rings. The standard InChI is InChI=1S/C12H13NO2.C7H6ClNO2/c1-12(2,3)7-6-10-5-4-9(8-13-10)11(14)15;1-11-7(10)5-2-3-6(8)9-4-5/h4-5,8H,1-3H3,(H,14,15);2-4H,1H3. The van der Waals surface area contributed by atoms with Crippen molar-refractivity contribution in [2.75, 3.05) is 7.11 Å².